The van der Waals surface area contributed by atoms with Gasteiger partial charge in [-0.1, -0.05) is 0 Å². The molecule has 3 heterocycles. The summed E-state index contributed by atoms with van der Waals surface area (Å²) in [5, 5.41) is 7.70. The highest BCUT2D eigenvalue weighted by atomic mass is 32.1. The Morgan fingerprint density at radius 2 is 2.07 bits per heavy atom. The number of aromatic nitrogens is 1. The van der Waals surface area contributed by atoms with Crippen LogP contribution in [0.5, 0.6) is 11.5 Å². The van der Waals surface area contributed by atoms with Crippen molar-refractivity contribution in [3.05, 3.63) is 65.4 Å². The highest BCUT2D eigenvalue weighted by molar-refractivity contribution is 7.80. The number of ether oxygens (including phenoxy) is 2. The lowest BCUT2D eigenvalue weighted by Gasteiger charge is -2.10. The Morgan fingerprint density at radius 1 is 1.21 bits per heavy atom. The minimum Gasteiger partial charge on any atom is -0.467 e. The molecule has 1 aliphatic rings. The van der Waals surface area contributed by atoms with Gasteiger partial charge in [-0.3, -0.25) is 5.43 Å². The molecule has 4 rings (SSSR count). The van der Waals surface area contributed by atoms with Crippen LogP contribution in [0.3, 0.4) is 0 Å². The molecule has 0 saturated heterocycles. The number of thiocarbonyl (C=S) groups is 1. The molecule has 0 saturated carbocycles. The smallest absolute Gasteiger partial charge is 0.231 e. The summed E-state index contributed by atoms with van der Waals surface area (Å²) in [4.78, 5) is 0. The molecular formula is C20H20N4O3S. The predicted molar refractivity (Wildman–Crippen MR) is 110 cm³/mol. The number of aryl methyl sites for hydroxylation is 1. The van der Waals surface area contributed by atoms with E-state index >= 15 is 0 Å². The normalized spacial score (nSPS) is 12.5. The predicted octanol–water partition coefficient (Wildman–Crippen LogP) is 3.41. The molecule has 0 aliphatic carbocycles. The van der Waals surface area contributed by atoms with E-state index in [2.05, 4.69) is 33.4 Å². The molecule has 0 bridgehead atoms. The first kappa shape index (κ1) is 18.1. The quantitative estimate of drug-likeness (QED) is 0.391. The van der Waals surface area contributed by atoms with Gasteiger partial charge in [-0.05, 0) is 56.4 Å². The van der Waals surface area contributed by atoms with Gasteiger partial charge in [0.2, 0.25) is 6.79 Å². The molecule has 144 valence electrons. The first-order valence-corrected chi connectivity index (χ1v) is 9.21. The lowest BCUT2D eigenvalue weighted by molar-refractivity contribution is 0.174. The van der Waals surface area contributed by atoms with E-state index in [-0.39, 0.29) is 6.79 Å². The summed E-state index contributed by atoms with van der Waals surface area (Å²) in [6.45, 7) is 4.87. The molecule has 28 heavy (non-hydrogen) atoms. The van der Waals surface area contributed by atoms with E-state index in [0.29, 0.717) is 11.7 Å². The maximum Gasteiger partial charge on any atom is 0.231 e. The average Bonchev–Trinajstić information content (AvgIpc) is 3.41. The van der Waals surface area contributed by atoms with Gasteiger partial charge in [0.15, 0.2) is 16.6 Å². The van der Waals surface area contributed by atoms with Crippen LogP contribution in [-0.4, -0.2) is 22.7 Å². The van der Waals surface area contributed by atoms with Crippen LogP contribution in [0, 0.1) is 13.8 Å². The van der Waals surface area contributed by atoms with Crippen LogP contribution in [0.15, 0.2) is 52.2 Å². The second-order valence-corrected chi connectivity index (χ2v) is 6.74. The van der Waals surface area contributed by atoms with Crippen molar-refractivity contribution in [2.45, 2.75) is 20.4 Å². The minimum atomic E-state index is 0.264. The molecule has 3 aromatic rings. The van der Waals surface area contributed by atoms with Crippen molar-refractivity contribution in [3.63, 3.8) is 0 Å². The van der Waals surface area contributed by atoms with Crippen molar-refractivity contribution >= 4 is 23.5 Å². The summed E-state index contributed by atoms with van der Waals surface area (Å²) >= 11 is 5.22. The molecule has 0 spiro atoms. The van der Waals surface area contributed by atoms with Crippen molar-refractivity contribution in [1.82, 2.24) is 15.3 Å². The van der Waals surface area contributed by atoms with Crippen molar-refractivity contribution in [2.75, 3.05) is 6.79 Å². The standard InChI is InChI=1S/C20H20N4O3S/c1-13-8-15(10-22-23-20(28)21-11-17-4-3-7-25-17)14(2)24(13)16-5-6-18-19(9-16)27-12-26-18/h3-10H,11-12H2,1-2H3,(H2,21,23,28)/b22-10-. The van der Waals surface area contributed by atoms with E-state index in [9.17, 15) is 0 Å². The molecule has 2 N–H and O–H groups in total. The van der Waals surface area contributed by atoms with Crippen LogP contribution < -0.4 is 20.2 Å². The Hall–Kier alpha value is -3.26. The topological polar surface area (TPSA) is 73.0 Å². The monoisotopic (exact) mass is 396 g/mol. The number of hydrogen-bond acceptors (Lipinski definition) is 5. The molecule has 0 unspecified atom stereocenters. The maximum atomic E-state index is 5.49. The molecule has 2 aromatic heterocycles. The Labute approximate surface area is 167 Å². The van der Waals surface area contributed by atoms with Gasteiger partial charge in [-0.2, -0.15) is 5.10 Å². The first-order valence-electron chi connectivity index (χ1n) is 8.80. The van der Waals surface area contributed by atoms with Gasteiger partial charge in [0.1, 0.15) is 5.76 Å². The number of hydrazone groups is 1. The van der Waals surface area contributed by atoms with Crippen molar-refractivity contribution in [3.8, 4) is 17.2 Å². The highest BCUT2D eigenvalue weighted by Gasteiger charge is 2.16. The van der Waals surface area contributed by atoms with Crippen molar-refractivity contribution < 1.29 is 13.9 Å². The van der Waals surface area contributed by atoms with Crippen LogP contribution in [-0.2, 0) is 6.54 Å². The third-order valence-electron chi connectivity index (χ3n) is 4.46. The lowest BCUT2D eigenvalue weighted by atomic mass is 10.2. The Kier molecular flexibility index (Phi) is 5.03. The van der Waals surface area contributed by atoms with Crippen LogP contribution in [0.25, 0.3) is 5.69 Å². The van der Waals surface area contributed by atoms with Gasteiger partial charge < -0.3 is 23.8 Å². The first-order chi connectivity index (χ1) is 13.6. The molecule has 1 aliphatic heterocycles. The van der Waals surface area contributed by atoms with E-state index in [4.69, 9.17) is 26.1 Å². The van der Waals surface area contributed by atoms with E-state index < -0.39 is 0 Å². The molecule has 0 amide bonds. The van der Waals surface area contributed by atoms with E-state index in [1.165, 1.54) is 0 Å². The number of nitrogens with one attached hydrogen (secondary N) is 2. The SMILES string of the molecule is Cc1cc(/C=N\NC(=S)NCc2ccco2)c(C)n1-c1ccc2c(c1)OCO2. The summed E-state index contributed by atoms with van der Waals surface area (Å²) in [5.74, 6) is 2.34. The van der Waals surface area contributed by atoms with Gasteiger partial charge in [0, 0.05) is 28.7 Å². The third kappa shape index (κ3) is 3.72. The van der Waals surface area contributed by atoms with Crippen LogP contribution in [0.4, 0.5) is 0 Å². The van der Waals surface area contributed by atoms with Crippen LogP contribution in [0.1, 0.15) is 22.7 Å². The third-order valence-corrected chi connectivity index (χ3v) is 4.69. The van der Waals surface area contributed by atoms with Gasteiger partial charge in [0.05, 0.1) is 19.0 Å². The summed E-state index contributed by atoms with van der Waals surface area (Å²) in [7, 11) is 0. The van der Waals surface area contributed by atoms with Crippen LogP contribution >= 0.6 is 12.2 Å². The second kappa shape index (κ2) is 7.77. The maximum absolute atomic E-state index is 5.49. The number of fused-ring (bicyclic) bond motifs is 1. The number of hydrogen-bond donors (Lipinski definition) is 2. The van der Waals surface area contributed by atoms with Crippen LogP contribution in [0.2, 0.25) is 0 Å². The fourth-order valence-corrected chi connectivity index (χ4v) is 3.25. The van der Waals surface area contributed by atoms with E-state index in [1.54, 1.807) is 12.5 Å². The fourth-order valence-electron chi connectivity index (χ4n) is 3.12. The van der Waals surface area contributed by atoms with Crippen molar-refractivity contribution in [1.29, 1.82) is 0 Å². The fraction of sp³-hybridized carbons (Fsp3) is 0.200. The van der Waals surface area contributed by atoms with Gasteiger partial charge in [0.25, 0.3) is 0 Å². The molecule has 0 atom stereocenters. The molecule has 1 aromatic carbocycles. The largest absolute Gasteiger partial charge is 0.467 e. The Balaban J connectivity index is 1.43. The van der Waals surface area contributed by atoms with Gasteiger partial charge >= 0.3 is 0 Å². The summed E-state index contributed by atoms with van der Waals surface area (Å²) < 4.78 is 18.3. The zero-order chi connectivity index (χ0) is 19.5. The number of rotatable bonds is 5. The highest BCUT2D eigenvalue weighted by Crippen LogP contribution is 2.34. The van der Waals surface area contributed by atoms with Gasteiger partial charge in [-0.25, -0.2) is 0 Å². The summed E-state index contributed by atoms with van der Waals surface area (Å²) in [5.41, 5.74) is 7.00. The molecule has 0 radical (unpaired) electrons. The zero-order valence-corrected chi connectivity index (χ0v) is 16.4. The van der Waals surface area contributed by atoms with Gasteiger partial charge in [-0.15, -0.1) is 0 Å². The molecule has 8 heteroatoms. The molecular weight excluding hydrogens is 376 g/mol. The minimum absolute atomic E-state index is 0.264. The Morgan fingerprint density at radius 3 is 2.89 bits per heavy atom. The zero-order valence-electron chi connectivity index (χ0n) is 15.6. The van der Waals surface area contributed by atoms with E-state index in [0.717, 1.165) is 39.9 Å². The number of furan rings is 1. The molecule has 0 fully saturated rings. The Bertz CT molecular complexity index is 1020. The average molecular weight is 396 g/mol. The number of nitrogens with zero attached hydrogens (tertiary/aromatic N) is 2. The number of benzene rings is 1. The lowest BCUT2D eigenvalue weighted by Crippen LogP contribution is -2.31. The summed E-state index contributed by atoms with van der Waals surface area (Å²) in [6.07, 6.45) is 3.38. The summed E-state index contributed by atoms with van der Waals surface area (Å²) in [6, 6.07) is 11.7. The van der Waals surface area contributed by atoms with E-state index in [1.807, 2.05) is 37.3 Å². The molecule has 7 nitrogen and oxygen atoms in total. The second-order valence-electron chi connectivity index (χ2n) is 6.33. The van der Waals surface area contributed by atoms with Crippen molar-refractivity contribution in [2.24, 2.45) is 5.10 Å².